The van der Waals surface area contributed by atoms with Crippen molar-refractivity contribution in [3.8, 4) is 0 Å². The molecule has 31 heavy (non-hydrogen) atoms. The zero-order valence-electron chi connectivity index (χ0n) is 20.2. The van der Waals surface area contributed by atoms with Crippen molar-refractivity contribution in [3.05, 3.63) is 10.1 Å². The minimum atomic E-state index is -0.886. The quantitative estimate of drug-likeness (QED) is 0.415. The summed E-state index contributed by atoms with van der Waals surface area (Å²) in [5, 5.41) is 37.4. The van der Waals surface area contributed by atoms with E-state index in [0.717, 1.165) is 10.1 Å². The molecule has 0 aromatic rings. The molecule has 2 aliphatic rings. The molecule has 0 unspecified atom stereocenters. The number of hydrogen-bond acceptors (Lipinski definition) is 7. The van der Waals surface area contributed by atoms with Crippen molar-refractivity contribution in [3.63, 3.8) is 0 Å². The minimum absolute atomic E-state index is 0.0101. The molecule has 10 heteroatoms. The van der Waals surface area contributed by atoms with Gasteiger partial charge in [0.1, 0.15) is 0 Å². The molecule has 2 aliphatic heterocycles. The first-order valence-corrected chi connectivity index (χ1v) is 11.0. The van der Waals surface area contributed by atoms with Crippen LogP contribution in [0.5, 0.6) is 0 Å². The maximum absolute atomic E-state index is 12.5. The van der Waals surface area contributed by atoms with E-state index in [-0.39, 0.29) is 25.4 Å². The Morgan fingerprint density at radius 3 is 1.32 bits per heavy atom. The number of ether oxygens (including phenoxy) is 2. The van der Waals surface area contributed by atoms with Crippen LogP contribution >= 0.6 is 0 Å². The monoisotopic (exact) mass is 445 g/mol. The van der Waals surface area contributed by atoms with Crippen LogP contribution in [0, 0.1) is 10.1 Å². The van der Waals surface area contributed by atoms with E-state index in [0.29, 0.717) is 25.7 Å². The molecule has 2 fully saturated rings. The third kappa shape index (κ3) is 6.49. The third-order valence-corrected chi connectivity index (χ3v) is 6.38. The highest BCUT2D eigenvalue weighted by Crippen LogP contribution is 2.39. The van der Waals surface area contributed by atoms with Gasteiger partial charge in [0.05, 0.1) is 25.4 Å². The van der Waals surface area contributed by atoms with Crippen LogP contribution in [0.1, 0.15) is 81.1 Å². The van der Waals surface area contributed by atoms with Crippen molar-refractivity contribution in [2.75, 3.05) is 13.2 Å². The number of nitrogens with zero attached hydrogens (tertiary/aromatic N) is 3. The van der Waals surface area contributed by atoms with Crippen LogP contribution in [0.15, 0.2) is 0 Å². The molecule has 2 heterocycles. The zero-order chi connectivity index (χ0) is 23.8. The van der Waals surface area contributed by atoms with Gasteiger partial charge in [-0.25, -0.2) is 0 Å². The fourth-order valence-electron chi connectivity index (χ4n) is 5.30. The van der Waals surface area contributed by atoms with E-state index >= 15 is 0 Å². The van der Waals surface area contributed by atoms with Crippen molar-refractivity contribution >= 4 is 0 Å². The van der Waals surface area contributed by atoms with E-state index in [9.17, 15) is 20.5 Å². The number of rotatable bonds is 8. The van der Waals surface area contributed by atoms with E-state index in [1.165, 1.54) is 0 Å². The van der Waals surface area contributed by atoms with Crippen LogP contribution < -0.4 is 0 Å². The summed E-state index contributed by atoms with van der Waals surface area (Å²) < 4.78 is 11.9. The van der Waals surface area contributed by atoms with Crippen molar-refractivity contribution in [1.29, 1.82) is 0 Å². The van der Waals surface area contributed by atoms with Gasteiger partial charge >= 0.3 is 0 Å². The zero-order valence-corrected chi connectivity index (χ0v) is 20.2. The number of piperidine rings is 2. The van der Waals surface area contributed by atoms with Crippen LogP contribution in [0.3, 0.4) is 0 Å². The third-order valence-electron chi connectivity index (χ3n) is 6.38. The smallest absolute Gasteiger partial charge is 0.294 e. The molecular formula is C21H39N3O7. The summed E-state index contributed by atoms with van der Waals surface area (Å²) in [6.45, 7) is 15.0. The van der Waals surface area contributed by atoms with Gasteiger partial charge < -0.3 is 14.3 Å². The normalized spacial score (nSPS) is 26.8. The Morgan fingerprint density at radius 2 is 1.06 bits per heavy atom. The van der Waals surface area contributed by atoms with Gasteiger partial charge in [0, 0.05) is 22.2 Å². The molecule has 2 rings (SSSR count). The van der Waals surface area contributed by atoms with E-state index in [2.05, 4.69) is 0 Å². The summed E-state index contributed by atoms with van der Waals surface area (Å²) in [7, 11) is 0. The van der Waals surface area contributed by atoms with Gasteiger partial charge in [-0.2, -0.15) is 0 Å². The molecular weight excluding hydrogens is 406 g/mol. The lowest BCUT2D eigenvalue weighted by molar-refractivity contribution is -0.769. The Kier molecular flexibility index (Phi) is 7.67. The maximum atomic E-state index is 12.5. The second-order valence-corrected chi connectivity index (χ2v) is 11.5. The van der Waals surface area contributed by atoms with Crippen LogP contribution in [-0.4, -0.2) is 68.9 Å². The van der Waals surface area contributed by atoms with Crippen LogP contribution in [0.2, 0.25) is 0 Å². The molecule has 0 bridgehead atoms. The minimum Gasteiger partial charge on any atom is -0.376 e. The number of hydrogen-bond donors (Lipinski definition) is 0. The van der Waals surface area contributed by atoms with E-state index in [1.807, 2.05) is 55.4 Å². The van der Waals surface area contributed by atoms with Gasteiger partial charge in [-0.05, 0) is 81.1 Å². The molecule has 0 N–H and O–H groups in total. The first kappa shape index (κ1) is 26.2. The van der Waals surface area contributed by atoms with Gasteiger partial charge in [0.25, 0.3) is 5.09 Å². The van der Waals surface area contributed by atoms with E-state index < -0.39 is 33.3 Å². The Balaban J connectivity index is 1.96. The molecule has 2 radical (unpaired) electrons. The average Bonchev–Trinajstić information content (AvgIpc) is 2.58. The second kappa shape index (κ2) is 9.07. The summed E-state index contributed by atoms with van der Waals surface area (Å²) in [5.41, 5.74) is -2.37. The van der Waals surface area contributed by atoms with Gasteiger partial charge in [-0.1, -0.05) is 0 Å². The van der Waals surface area contributed by atoms with Crippen LogP contribution in [-0.2, 0) is 24.7 Å². The SMILES string of the molecule is CC1(C)CC(OCC(COC2CC(C)(C)N([O])C(C)(C)C2)O[N+](=O)[O-])CC(C)(C)N1[O]. The lowest BCUT2D eigenvalue weighted by atomic mass is 9.80. The lowest BCUT2D eigenvalue weighted by Gasteiger charge is -2.50. The molecule has 0 spiro atoms. The van der Waals surface area contributed by atoms with Crippen molar-refractivity contribution < 1.29 is 29.8 Å². The van der Waals surface area contributed by atoms with Gasteiger partial charge in [0.2, 0.25) is 0 Å². The van der Waals surface area contributed by atoms with E-state index in [4.69, 9.17) is 14.3 Å². The Bertz CT molecular complexity index is 556. The van der Waals surface area contributed by atoms with Crippen molar-refractivity contribution in [1.82, 2.24) is 10.1 Å². The molecule has 0 amide bonds. The highest BCUT2D eigenvalue weighted by Gasteiger charge is 2.48. The topological polar surface area (TPSA) is 117 Å². The van der Waals surface area contributed by atoms with Gasteiger partial charge in [0.15, 0.2) is 6.10 Å². The Hall–Kier alpha value is -1.04. The standard InChI is InChI=1S/C21H39N3O7/c1-18(2)9-15(10-19(3,4)22(18)25)29-13-17(31-24(27)28)14-30-16-11-20(5,6)23(26)21(7,8)12-16/h15-17H,9-14H2,1-8H3. The molecule has 0 saturated carbocycles. The molecule has 0 atom stereocenters. The Morgan fingerprint density at radius 1 is 0.774 bits per heavy atom. The first-order chi connectivity index (χ1) is 14.0. The molecule has 10 nitrogen and oxygen atoms in total. The van der Waals surface area contributed by atoms with E-state index in [1.54, 1.807) is 0 Å². The van der Waals surface area contributed by atoms with Crippen molar-refractivity contribution in [2.45, 2.75) is 122 Å². The molecule has 0 aliphatic carbocycles. The summed E-state index contributed by atoms with van der Waals surface area (Å²) in [4.78, 5) is 15.8. The highest BCUT2D eigenvalue weighted by molar-refractivity contribution is 4.97. The Labute approximate surface area is 185 Å². The predicted molar refractivity (Wildman–Crippen MR) is 111 cm³/mol. The van der Waals surface area contributed by atoms with Crippen LogP contribution in [0.25, 0.3) is 0 Å². The molecule has 0 aromatic carbocycles. The summed E-state index contributed by atoms with van der Waals surface area (Å²) in [6.07, 6.45) is 0.784. The summed E-state index contributed by atoms with van der Waals surface area (Å²) >= 11 is 0. The first-order valence-electron chi connectivity index (χ1n) is 11.0. The van der Waals surface area contributed by atoms with Gasteiger partial charge in [-0.15, -0.1) is 30.7 Å². The molecule has 2 saturated heterocycles. The maximum Gasteiger partial charge on any atom is 0.294 e. The lowest BCUT2D eigenvalue weighted by Crippen LogP contribution is -2.60. The highest BCUT2D eigenvalue weighted by atomic mass is 17.0. The average molecular weight is 446 g/mol. The fraction of sp³-hybridized carbons (Fsp3) is 1.00. The number of hydroxylamine groups is 4. The van der Waals surface area contributed by atoms with Crippen molar-refractivity contribution in [2.24, 2.45) is 0 Å². The largest absolute Gasteiger partial charge is 0.376 e. The second-order valence-electron chi connectivity index (χ2n) is 11.5. The van der Waals surface area contributed by atoms with Crippen LogP contribution in [0.4, 0.5) is 0 Å². The predicted octanol–water partition coefficient (Wildman–Crippen LogP) is 3.33. The summed E-state index contributed by atoms with van der Waals surface area (Å²) in [5.74, 6) is 0. The molecule has 180 valence electrons. The molecule has 0 aromatic heterocycles. The fourth-order valence-corrected chi connectivity index (χ4v) is 5.30. The van der Waals surface area contributed by atoms with Gasteiger partial charge in [-0.3, -0.25) is 0 Å². The summed E-state index contributed by atoms with van der Waals surface area (Å²) in [6, 6.07) is 0.